The van der Waals surface area contributed by atoms with Gasteiger partial charge in [0.15, 0.2) is 5.96 Å². The molecule has 0 spiro atoms. The quantitative estimate of drug-likeness (QED) is 0.335. The normalized spacial score (nSPS) is 17.8. The summed E-state index contributed by atoms with van der Waals surface area (Å²) in [6, 6.07) is 14.5. The van der Waals surface area contributed by atoms with E-state index in [2.05, 4.69) is 65.6 Å². The van der Waals surface area contributed by atoms with Crippen LogP contribution in [-0.2, 0) is 16.0 Å². The summed E-state index contributed by atoms with van der Waals surface area (Å²) < 4.78 is 11.6. The van der Waals surface area contributed by atoms with Crippen molar-refractivity contribution in [3.05, 3.63) is 59.8 Å². The summed E-state index contributed by atoms with van der Waals surface area (Å²) in [6.45, 7) is 11.7. The maximum atomic E-state index is 5.95. The van der Waals surface area contributed by atoms with Crippen molar-refractivity contribution in [2.45, 2.75) is 45.9 Å². The predicted octanol–water partition coefficient (Wildman–Crippen LogP) is 3.53. The van der Waals surface area contributed by atoms with E-state index in [4.69, 9.17) is 14.5 Å². The summed E-state index contributed by atoms with van der Waals surface area (Å²) in [4.78, 5) is 11.6. The lowest BCUT2D eigenvalue weighted by molar-refractivity contribution is 0.0529. The second-order valence-corrected chi connectivity index (χ2v) is 8.05. The summed E-state index contributed by atoms with van der Waals surface area (Å²) in [5.74, 6) is 1.82. The lowest BCUT2D eigenvalue weighted by atomic mass is 10.1. The molecule has 2 heterocycles. The summed E-state index contributed by atoms with van der Waals surface area (Å²) in [7, 11) is 0. The van der Waals surface area contributed by atoms with Gasteiger partial charge >= 0.3 is 0 Å². The van der Waals surface area contributed by atoms with Crippen molar-refractivity contribution in [2.75, 3.05) is 44.3 Å². The Bertz CT molecular complexity index is 813. The van der Waals surface area contributed by atoms with Crippen LogP contribution in [0.5, 0.6) is 0 Å². The highest BCUT2D eigenvalue weighted by Crippen LogP contribution is 2.16. The van der Waals surface area contributed by atoms with E-state index in [1.54, 1.807) is 0 Å². The third-order valence-corrected chi connectivity index (χ3v) is 5.39. The Kier molecular flexibility index (Phi) is 9.78. The van der Waals surface area contributed by atoms with Gasteiger partial charge in [-0.3, -0.25) is 0 Å². The van der Waals surface area contributed by atoms with Crippen molar-refractivity contribution < 1.29 is 9.47 Å². The van der Waals surface area contributed by atoms with Gasteiger partial charge in [0, 0.05) is 39.0 Å². The van der Waals surface area contributed by atoms with Gasteiger partial charge in [-0.2, -0.15) is 0 Å². The zero-order valence-electron chi connectivity index (χ0n) is 19.6. The van der Waals surface area contributed by atoms with Crippen molar-refractivity contribution in [2.24, 2.45) is 4.99 Å². The molecule has 2 N–H and O–H groups in total. The first-order chi connectivity index (χ1) is 15.7. The fourth-order valence-corrected chi connectivity index (χ4v) is 3.60. The number of nitrogens with one attached hydrogen (secondary N) is 2. The molecule has 2 atom stereocenters. The molecule has 0 aliphatic carbocycles. The number of hydrogen-bond acceptors (Lipinski definition) is 5. The van der Waals surface area contributed by atoms with Crippen LogP contribution in [0.1, 0.15) is 44.4 Å². The van der Waals surface area contributed by atoms with Crippen LogP contribution in [0.4, 0.5) is 5.82 Å². The van der Waals surface area contributed by atoms with Gasteiger partial charge in [0.2, 0.25) is 0 Å². The molecule has 0 radical (unpaired) electrons. The van der Waals surface area contributed by atoms with E-state index < -0.39 is 0 Å². The Morgan fingerprint density at radius 3 is 2.81 bits per heavy atom. The molecule has 0 bridgehead atoms. The molecule has 1 aromatic heterocycles. The zero-order chi connectivity index (χ0) is 22.6. The molecule has 1 aliphatic rings. The van der Waals surface area contributed by atoms with Crippen LogP contribution in [-0.4, -0.2) is 56.4 Å². The predicted molar refractivity (Wildman–Crippen MR) is 130 cm³/mol. The molecule has 1 aromatic carbocycles. The molecule has 1 aliphatic heterocycles. The van der Waals surface area contributed by atoms with Gasteiger partial charge in [-0.25, -0.2) is 9.98 Å². The summed E-state index contributed by atoms with van der Waals surface area (Å²) in [5.41, 5.74) is 2.30. The molecular weight excluding hydrogens is 402 g/mol. The highest BCUT2D eigenvalue weighted by molar-refractivity contribution is 5.79. The fourth-order valence-electron chi connectivity index (χ4n) is 3.60. The standard InChI is InChI=1S/C25H37N5O2/c1-4-26-25(27-13-8-15-32-21(3)23-9-6-5-7-10-23)29-18-22-11-12-24(28-17-22)30-14-16-31-20(2)19-30/h5-7,9-12,17,20-21H,4,8,13-16,18-19H2,1-3H3,(H2,26,27,29). The third kappa shape index (κ3) is 7.80. The lowest BCUT2D eigenvalue weighted by Gasteiger charge is -2.32. The number of nitrogens with zero attached hydrogens (tertiary/aromatic N) is 3. The molecule has 3 rings (SSSR count). The van der Waals surface area contributed by atoms with Crippen molar-refractivity contribution in [1.29, 1.82) is 0 Å². The van der Waals surface area contributed by atoms with E-state index in [0.29, 0.717) is 13.2 Å². The van der Waals surface area contributed by atoms with E-state index in [-0.39, 0.29) is 12.2 Å². The van der Waals surface area contributed by atoms with E-state index in [0.717, 1.165) is 56.5 Å². The minimum atomic E-state index is 0.106. The highest BCUT2D eigenvalue weighted by atomic mass is 16.5. The van der Waals surface area contributed by atoms with Gasteiger partial charge in [0.1, 0.15) is 5.82 Å². The number of morpholine rings is 1. The summed E-state index contributed by atoms with van der Waals surface area (Å²) in [6.07, 6.45) is 3.18. The van der Waals surface area contributed by atoms with Crippen LogP contribution < -0.4 is 15.5 Å². The SMILES string of the molecule is CCNC(=NCc1ccc(N2CCOC(C)C2)nc1)NCCCOC(C)c1ccccc1. The Labute approximate surface area is 192 Å². The van der Waals surface area contributed by atoms with E-state index in [9.17, 15) is 0 Å². The molecule has 7 nitrogen and oxygen atoms in total. The van der Waals surface area contributed by atoms with Gasteiger partial charge in [0.25, 0.3) is 0 Å². The van der Waals surface area contributed by atoms with Crippen LogP contribution in [0.15, 0.2) is 53.7 Å². The molecule has 174 valence electrons. The molecule has 2 aromatic rings. The third-order valence-electron chi connectivity index (χ3n) is 5.39. The molecule has 1 saturated heterocycles. The van der Waals surface area contributed by atoms with Crippen LogP contribution in [0.25, 0.3) is 0 Å². The number of pyridine rings is 1. The number of anilines is 1. The molecule has 0 saturated carbocycles. The van der Waals surface area contributed by atoms with E-state index in [1.165, 1.54) is 5.56 Å². The highest BCUT2D eigenvalue weighted by Gasteiger charge is 2.17. The maximum absolute atomic E-state index is 5.95. The smallest absolute Gasteiger partial charge is 0.191 e. The van der Waals surface area contributed by atoms with Crippen LogP contribution >= 0.6 is 0 Å². The first kappa shape index (κ1) is 24.0. The number of rotatable bonds is 10. The Hall–Kier alpha value is -2.64. The first-order valence-electron chi connectivity index (χ1n) is 11.7. The van der Waals surface area contributed by atoms with Crippen molar-refractivity contribution >= 4 is 11.8 Å². The zero-order valence-corrected chi connectivity index (χ0v) is 19.6. The van der Waals surface area contributed by atoms with Crippen LogP contribution in [0.3, 0.4) is 0 Å². The average molecular weight is 440 g/mol. The van der Waals surface area contributed by atoms with Gasteiger partial charge in [0.05, 0.1) is 25.4 Å². The number of ether oxygens (including phenoxy) is 2. The van der Waals surface area contributed by atoms with Gasteiger partial charge in [-0.05, 0) is 44.4 Å². The van der Waals surface area contributed by atoms with Crippen LogP contribution in [0, 0.1) is 0 Å². The fraction of sp³-hybridized carbons (Fsp3) is 0.520. The van der Waals surface area contributed by atoms with Gasteiger partial charge in [-0.1, -0.05) is 36.4 Å². The Morgan fingerprint density at radius 1 is 1.25 bits per heavy atom. The summed E-state index contributed by atoms with van der Waals surface area (Å²) in [5, 5.41) is 6.69. The minimum absolute atomic E-state index is 0.106. The molecule has 2 unspecified atom stereocenters. The molecular formula is C25H37N5O2. The monoisotopic (exact) mass is 439 g/mol. The molecule has 1 fully saturated rings. The van der Waals surface area contributed by atoms with Gasteiger partial charge in [-0.15, -0.1) is 0 Å². The Morgan fingerprint density at radius 2 is 2.09 bits per heavy atom. The lowest BCUT2D eigenvalue weighted by Crippen LogP contribution is -2.41. The van der Waals surface area contributed by atoms with Crippen molar-refractivity contribution in [1.82, 2.24) is 15.6 Å². The minimum Gasteiger partial charge on any atom is -0.375 e. The van der Waals surface area contributed by atoms with E-state index >= 15 is 0 Å². The van der Waals surface area contributed by atoms with E-state index in [1.807, 2.05) is 24.4 Å². The molecule has 32 heavy (non-hydrogen) atoms. The number of benzene rings is 1. The second kappa shape index (κ2) is 13.0. The topological polar surface area (TPSA) is 71.0 Å². The average Bonchev–Trinajstić information content (AvgIpc) is 2.83. The number of aromatic nitrogens is 1. The van der Waals surface area contributed by atoms with Crippen molar-refractivity contribution in [3.8, 4) is 0 Å². The van der Waals surface area contributed by atoms with Crippen molar-refractivity contribution in [3.63, 3.8) is 0 Å². The summed E-state index contributed by atoms with van der Waals surface area (Å²) >= 11 is 0. The maximum Gasteiger partial charge on any atom is 0.191 e. The largest absolute Gasteiger partial charge is 0.375 e. The number of hydrogen-bond donors (Lipinski definition) is 2. The molecule has 0 amide bonds. The molecule has 7 heteroatoms. The van der Waals surface area contributed by atoms with Gasteiger partial charge < -0.3 is 25.0 Å². The first-order valence-corrected chi connectivity index (χ1v) is 11.7. The number of guanidine groups is 1. The van der Waals surface area contributed by atoms with Crippen LogP contribution in [0.2, 0.25) is 0 Å². The number of aliphatic imine (C=N–C) groups is 1. The second-order valence-electron chi connectivity index (χ2n) is 8.05. The Balaban J connectivity index is 1.41.